The Morgan fingerprint density at radius 3 is 2.58 bits per heavy atom. The number of benzene rings is 1. The van der Waals surface area contributed by atoms with Crippen LogP contribution in [0.25, 0.3) is 0 Å². The van der Waals surface area contributed by atoms with E-state index in [0.29, 0.717) is 0 Å². The zero-order chi connectivity index (χ0) is 14.4. The molecule has 0 aliphatic rings. The van der Waals surface area contributed by atoms with E-state index in [0.717, 1.165) is 0 Å². The molecule has 0 radical (unpaired) electrons. The van der Waals surface area contributed by atoms with Crippen molar-refractivity contribution in [1.29, 1.82) is 0 Å². The van der Waals surface area contributed by atoms with Gasteiger partial charge in [0.1, 0.15) is 5.75 Å². The van der Waals surface area contributed by atoms with Crippen LogP contribution in [-0.2, 0) is 9.47 Å². The number of carbonyl (C=O) groups is 2. The van der Waals surface area contributed by atoms with Gasteiger partial charge < -0.3 is 14.6 Å². The first-order valence-corrected chi connectivity index (χ1v) is 5.79. The molecule has 0 saturated heterocycles. The van der Waals surface area contributed by atoms with Crippen molar-refractivity contribution in [1.82, 2.24) is 0 Å². The maximum atomic E-state index is 11.4. The molecule has 1 aromatic rings. The third-order valence-electron chi connectivity index (χ3n) is 2.20. The van der Waals surface area contributed by atoms with E-state index < -0.39 is 12.1 Å². The van der Waals surface area contributed by atoms with Crippen LogP contribution in [-0.4, -0.2) is 30.9 Å². The SMILES string of the molecule is COC(=O)c1ccc(NC(=O)OCC(C)C)c(O)c1. The number of esters is 1. The molecule has 2 N–H and O–H groups in total. The number of ether oxygens (including phenoxy) is 2. The highest BCUT2D eigenvalue weighted by molar-refractivity contribution is 5.92. The summed E-state index contributed by atoms with van der Waals surface area (Å²) in [4.78, 5) is 22.6. The summed E-state index contributed by atoms with van der Waals surface area (Å²) in [6.07, 6.45) is -0.658. The minimum Gasteiger partial charge on any atom is -0.506 e. The molecule has 104 valence electrons. The minimum atomic E-state index is -0.658. The number of hydrogen-bond donors (Lipinski definition) is 2. The molecule has 6 nitrogen and oxygen atoms in total. The summed E-state index contributed by atoms with van der Waals surface area (Å²) in [5.41, 5.74) is 0.363. The van der Waals surface area contributed by atoms with Gasteiger partial charge in [0.15, 0.2) is 0 Å². The molecule has 1 amide bonds. The first-order chi connectivity index (χ1) is 8.93. The van der Waals surface area contributed by atoms with Gasteiger partial charge in [0.05, 0.1) is 25.0 Å². The van der Waals surface area contributed by atoms with E-state index in [-0.39, 0.29) is 29.5 Å². The van der Waals surface area contributed by atoms with Crippen LogP contribution in [0.2, 0.25) is 0 Å². The maximum Gasteiger partial charge on any atom is 0.411 e. The second kappa shape index (κ2) is 6.63. The predicted molar refractivity (Wildman–Crippen MR) is 69.3 cm³/mol. The van der Waals surface area contributed by atoms with Crippen LogP contribution >= 0.6 is 0 Å². The molecule has 0 bridgehead atoms. The van der Waals surface area contributed by atoms with E-state index in [2.05, 4.69) is 10.1 Å². The Morgan fingerprint density at radius 1 is 1.37 bits per heavy atom. The van der Waals surface area contributed by atoms with Crippen LogP contribution in [0.15, 0.2) is 18.2 Å². The molecule has 6 heteroatoms. The highest BCUT2D eigenvalue weighted by Crippen LogP contribution is 2.24. The zero-order valence-corrected chi connectivity index (χ0v) is 11.1. The number of amides is 1. The predicted octanol–water partition coefficient (Wildman–Crippen LogP) is 2.38. The number of methoxy groups -OCH3 is 1. The Labute approximate surface area is 111 Å². The number of phenolic OH excluding ortho intramolecular Hbond substituents is 1. The van der Waals surface area contributed by atoms with Gasteiger partial charge >= 0.3 is 12.1 Å². The lowest BCUT2D eigenvalue weighted by molar-refractivity contribution is 0.0600. The Hall–Kier alpha value is -2.24. The molecule has 0 saturated carbocycles. The topological polar surface area (TPSA) is 84.9 Å². The highest BCUT2D eigenvalue weighted by atomic mass is 16.5. The summed E-state index contributed by atoms with van der Waals surface area (Å²) in [5, 5.41) is 12.1. The molecular formula is C13H17NO5. The fourth-order valence-electron chi connectivity index (χ4n) is 1.27. The first-order valence-electron chi connectivity index (χ1n) is 5.79. The Morgan fingerprint density at radius 2 is 2.05 bits per heavy atom. The van der Waals surface area contributed by atoms with Gasteiger partial charge in [-0.3, -0.25) is 5.32 Å². The van der Waals surface area contributed by atoms with E-state index >= 15 is 0 Å². The number of carbonyl (C=O) groups excluding carboxylic acids is 2. The molecule has 0 unspecified atom stereocenters. The number of rotatable bonds is 4. The number of anilines is 1. The quantitative estimate of drug-likeness (QED) is 0.646. The van der Waals surface area contributed by atoms with Crippen LogP contribution in [0.4, 0.5) is 10.5 Å². The molecule has 0 aliphatic heterocycles. The molecule has 1 rings (SSSR count). The summed E-state index contributed by atoms with van der Waals surface area (Å²) in [5.74, 6) is -0.574. The van der Waals surface area contributed by atoms with Gasteiger partial charge in [-0.1, -0.05) is 13.8 Å². The largest absolute Gasteiger partial charge is 0.506 e. The van der Waals surface area contributed by atoms with Gasteiger partial charge in [-0.15, -0.1) is 0 Å². The van der Waals surface area contributed by atoms with Crippen molar-refractivity contribution in [2.75, 3.05) is 19.0 Å². The van der Waals surface area contributed by atoms with Crippen LogP contribution < -0.4 is 5.32 Å². The van der Waals surface area contributed by atoms with Gasteiger partial charge in [-0.2, -0.15) is 0 Å². The summed E-state index contributed by atoms with van der Waals surface area (Å²) < 4.78 is 9.42. The first kappa shape index (κ1) is 14.8. The lowest BCUT2D eigenvalue weighted by Crippen LogP contribution is -2.16. The van der Waals surface area contributed by atoms with E-state index in [1.54, 1.807) is 0 Å². The van der Waals surface area contributed by atoms with Gasteiger partial charge in [-0.05, 0) is 24.1 Å². The van der Waals surface area contributed by atoms with E-state index in [4.69, 9.17) is 4.74 Å². The molecule has 0 aromatic heterocycles. The Balaban J connectivity index is 2.69. The lowest BCUT2D eigenvalue weighted by Gasteiger charge is -2.10. The van der Waals surface area contributed by atoms with Crippen LogP contribution in [0.5, 0.6) is 5.75 Å². The average Bonchev–Trinajstić information content (AvgIpc) is 2.37. The molecular weight excluding hydrogens is 250 g/mol. The Kier molecular flexibility index (Phi) is 5.17. The van der Waals surface area contributed by atoms with Gasteiger partial charge in [0.2, 0.25) is 0 Å². The van der Waals surface area contributed by atoms with Crippen molar-refractivity contribution in [3.8, 4) is 5.75 Å². The molecule has 0 heterocycles. The van der Waals surface area contributed by atoms with Crippen molar-refractivity contribution in [3.63, 3.8) is 0 Å². The average molecular weight is 267 g/mol. The molecule has 0 spiro atoms. The van der Waals surface area contributed by atoms with Gasteiger partial charge in [0, 0.05) is 0 Å². The van der Waals surface area contributed by atoms with Gasteiger partial charge in [0.25, 0.3) is 0 Å². The van der Waals surface area contributed by atoms with Crippen molar-refractivity contribution in [3.05, 3.63) is 23.8 Å². The van der Waals surface area contributed by atoms with E-state index in [1.165, 1.54) is 25.3 Å². The third kappa shape index (κ3) is 4.50. The molecule has 0 aliphatic carbocycles. The van der Waals surface area contributed by atoms with Crippen LogP contribution in [0, 0.1) is 5.92 Å². The standard InChI is InChI=1S/C13H17NO5/c1-8(2)7-19-13(17)14-10-5-4-9(6-11(10)15)12(16)18-3/h4-6,8,15H,7H2,1-3H3,(H,14,17). The second-order valence-corrected chi connectivity index (χ2v) is 4.34. The van der Waals surface area contributed by atoms with Crippen molar-refractivity contribution in [2.24, 2.45) is 5.92 Å². The summed E-state index contributed by atoms with van der Waals surface area (Å²) in [6, 6.07) is 4.05. The van der Waals surface area contributed by atoms with Crippen molar-refractivity contribution >= 4 is 17.7 Å². The zero-order valence-electron chi connectivity index (χ0n) is 11.1. The van der Waals surface area contributed by atoms with Crippen molar-refractivity contribution < 1.29 is 24.2 Å². The lowest BCUT2D eigenvalue weighted by atomic mass is 10.2. The summed E-state index contributed by atoms with van der Waals surface area (Å²) >= 11 is 0. The third-order valence-corrected chi connectivity index (χ3v) is 2.20. The highest BCUT2D eigenvalue weighted by Gasteiger charge is 2.12. The van der Waals surface area contributed by atoms with E-state index in [1.807, 2.05) is 13.8 Å². The minimum absolute atomic E-state index is 0.168. The number of hydrogen-bond acceptors (Lipinski definition) is 5. The summed E-state index contributed by atoms with van der Waals surface area (Å²) in [7, 11) is 1.24. The van der Waals surface area contributed by atoms with Crippen LogP contribution in [0.1, 0.15) is 24.2 Å². The second-order valence-electron chi connectivity index (χ2n) is 4.34. The molecule has 1 aromatic carbocycles. The number of aromatic hydroxyl groups is 1. The fourth-order valence-corrected chi connectivity index (χ4v) is 1.27. The number of nitrogens with one attached hydrogen (secondary N) is 1. The normalized spacial score (nSPS) is 10.1. The molecule has 0 fully saturated rings. The fraction of sp³-hybridized carbons (Fsp3) is 0.385. The van der Waals surface area contributed by atoms with Crippen LogP contribution in [0.3, 0.4) is 0 Å². The Bertz CT molecular complexity index is 470. The summed E-state index contributed by atoms with van der Waals surface area (Å²) in [6.45, 7) is 4.11. The smallest absolute Gasteiger partial charge is 0.411 e. The van der Waals surface area contributed by atoms with E-state index in [9.17, 15) is 14.7 Å². The van der Waals surface area contributed by atoms with Gasteiger partial charge in [-0.25, -0.2) is 9.59 Å². The monoisotopic (exact) mass is 267 g/mol. The molecule has 0 atom stereocenters. The van der Waals surface area contributed by atoms with Crippen molar-refractivity contribution in [2.45, 2.75) is 13.8 Å². The number of phenols is 1. The molecule has 19 heavy (non-hydrogen) atoms. The maximum absolute atomic E-state index is 11.4.